The number of hydrogen-bond donors (Lipinski definition) is 1. The van der Waals surface area contributed by atoms with E-state index in [1.807, 2.05) is 59.5 Å². The van der Waals surface area contributed by atoms with Crippen molar-refractivity contribution < 1.29 is 19.4 Å². The molecule has 0 radical (unpaired) electrons. The first-order chi connectivity index (χ1) is 17.6. The molecule has 0 saturated carbocycles. The molecule has 2 aliphatic heterocycles. The number of rotatable bonds is 7. The van der Waals surface area contributed by atoms with Gasteiger partial charge in [-0.15, -0.1) is 0 Å². The molecule has 36 heavy (non-hydrogen) atoms. The second kappa shape index (κ2) is 11.0. The summed E-state index contributed by atoms with van der Waals surface area (Å²) in [6, 6.07) is 25.2. The van der Waals surface area contributed by atoms with Crippen LogP contribution in [0.1, 0.15) is 47.1 Å². The molecule has 3 aromatic carbocycles. The van der Waals surface area contributed by atoms with Crippen LogP contribution in [0.25, 0.3) is 0 Å². The van der Waals surface area contributed by atoms with Crippen molar-refractivity contribution in [1.29, 1.82) is 0 Å². The summed E-state index contributed by atoms with van der Waals surface area (Å²) in [4.78, 5) is 29.1. The van der Waals surface area contributed by atoms with Crippen LogP contribution in [0.3, 0.4) is 0 Å². The molecule has 2 heterocycles. The number of carbonyl (C=O) groups excluding carboxylic acids is 1. The number of benzene rings is 3. The van der Waals surface area contributed by atoms with Crippen molar-refractivity contribution in [2.24, 2.45) is 0 Å². The molecule has 1 atom stereocenters. The molecule has 1 fully saturated rings. The number of ether oxygens (including phenoxy) is 1. The Morgan fingerprint density at radius 3 is 2.28 bits per heavy atom. The molecule has 0 spiro atoms. The van der Waals surface area contributed by atoms with E-state index in [-0.39, 0.29) is 12.5 Å². The van der Waals surface area contributed by atoms with E-state index >= 15 is 0 Å². The second-order valence-corrected chi connectivity index (χ2v) is 9.66. The third-order valence-electron chi connectivity index (χ3n) is 7.38. The molecular formula is C30H32N2O4. The van der Waals surface area contributed by atoms with Gasteiger partial charge in [0.05, 0.1) is 6.54 Å². The fraction of sp³-hybridized carbons (Fsp3) is 0.333. The van der Waals surface area contributed by atoms with E-state index in [0.717, 1.165) is 35.3 Å². The van der Waals surface area contributed by atoms with E-state index in [9.17, 15) is 14.7 Å². The fourth-order valence-electron chi connectivity index (χ4n) is 5.41. The predicted octanol–water partition coefficient (Wildman–Crippen LogP) is 4.66. The van der Waals surface area contributed by atoms with E-state index < -0.39 is 12.0 Å². The largest absolute Gasteiger partial charge is 0.489 e. The summed E-state index contributed by atoms with van der Waals surface area (Å²) in [6.45, 7) is 2.53. The monoisotopic (exact) mass is 484 g/mol. The van der Waals surface area contributed by atoms with Crippen LogP contribution in [-0.4, -0.2) is 53.0 Å². The molecule has 5 rings (SSSR count). The van der Waals surface area contributed by atoms with Crippen molar-refractivity contribution >= 4 is 11.9 Å². The summed E-state index contributed by atoms with van der Waals surface area (Å²) in [7, 11) is 0. The summed E-state index contributed by atoms with van der Waals surface area (Å²) >= 11 is 0. The Kier molecular flexibility index (Phi) is 7.33. The maximum atomic E-state index is 13.1. The molecule has 0 aromatic heterocycles. The summed E-state index contributed by atoms with van der Waals surface area (Å²) in [5.74, 6) is 0.290. The van der Waals surface area contributed by atoms with Gasteiger partial charge in [0, 0.05) is 19.6 Å². The quantitative estimate of drug-likeness (QED) is 0.528. The van der Waals surface area contributed by atoms with Gasteiger partial charge in [-0.1, -0.05) is 66.7 Å². The molecule has 186 valence electrons. The fourth-order valence-corrected chi connectivity index (χ4v) is 5.41. The van der Waals surface area contributed by atoms with Crippen LogP contribution >= 0.6 is 0 Å². The van der Waals surface area contributed by atoms with Gasteiger partial charge in [-0.25, -0.2) is 0 Å². The number of nitrogens with zero attached hydrogens (tertiary/aromatic N) is 2. The van der Waals surface area contributed by atoms with E-state index in [1.165, 1.54) is 5.56 Å². The first-order valence-electron chi connectivity index (χ1n) is 12.7. The molecule has 0 aliphatic carbocycles. The number of hydrogen-bond acceptors (Lipinski definition) is 4. The van der Waals surface area contributed by atoms with Gasteiger partial charge in [0.25, 0.3) is 0 Å². The highest BCUT2D eigenvalue weighted by atomic mass is 16.5. The Hall–Kier alpha value is -3.64. The Morgan fingerprint density at radius 1 is 0.889 bits per heavy atom. The molecule has 1 N–H and O–H groups in total. The Balaban J connectivity index is 1.21. The summed E-state index contributed by atoms with van der Waals surface area (Å²) < 4.78 is 5.94. The third-order valence-corrected chi connectivity index (χ3v) is 7.38. The Morgan fingerprint density at radius 2 is 1.58 bits per heavy atom. The molecule has 6 nitrogen and oxygen atoms in total. The van der Waals surface area contributed by atoms with Crippen LogP contribution < -0.4 is 4.74 Å². The molecule has 6 heteroatoms. The lowest BCUT2D eigenvalue weighted by Crippen LogP contribution is -2.48. The van der Waals surface area contributed by atoms with Crippen LogP contribution in [0.5, 0.6) is 5.75 Å². The number of fused-ring (bicyclic) bond motifs is 1. The first kappa shape index (κ1) is 24.1. The van der Waals surface area contributed by atoms with Crippen molar-refractivity contribution in [2.45, 2.75) is 37.8 Å². The van der Waals surface area contributed by atoms with Gasteiger partial charge in [0.1, 0.15) is 18.4 Å². The van der Waals surface area contributed by atoms with Crippen molar-refractivity contribution in [2.75, 3.05) is 26.2 Å². The maximum Gasteiger partial charge on any atom is 0.325 e. The number of amides is 1. The van der Waals surface area contributed by atoms with Crippen LogP contribution in [0, 0.1) is 0 Å². The third kappa shape index (κ3) is 5.44. The van der Waals surface area contributed by atoms with Gasteiger partial charge in [0.15, 0.2) is 0 Å². The van der Waals surface area contributed by atoms with Gasteiger partial charge in [-0.2, -0.15) is 0 Å². The number of likely N-dealkylation sites (tertiary alicyclic amines) is 1. The standard InChI is InChI=1S/C30H32N2O4/c33-28(31-16-13-24(14-17-31)23-9-5-2-6-10-23)20-32-18-15-25-19-26(11-12-27(25)29(32)30(34)35)36-21-22-7-3-1-4-8-22/h1-12,19,24,29H,13-18,20-21H2,(H,34,35). The summed E-state index contributed by atoms with van der Waals surface area (Å²) in [6.07, 6.45) is 2.56. The Bertz CT molecular complexity index is 1190. The van der Waals surface area contributed by atoms with Crippen LogP contribution in [-0.2, 0) is 22.6 Å². The lowest BCUT2D eigenvalue weighted by molar-refractivity contribution is -0.145. The van der Waals surface area contributed by atoms with Crippen LogP contribution in [0.4, 0.5) is 0 Å². The van der Waals surface area contributed by atoms with E-state index in [2.05, 4.69) is 24.3 Å². The van der Waals surface area contributed by atoms with Gasteiger partial charge >= 0.3 is 5.97 Å². The zero-order valence-corrected chi connectivity index (χ0v) is 20.4. The SMILES string of the molecule is O=C(O)C1c2ccc(OCc3ccccc3)cc2CCN1CC(=O)N1CCC(c2ccccc2)CC1. The minimum absolute atomic E-state index is 0.0130. The number of carboxylic acids is 1. The summed E-state index contributed by atoms with van der Waals surface area (Å²) in [5, 5.41) is 10.1. The molecule has 1 saturated heterocycles. The normalized spacial score (nSPS) is 18.4. The number of aliphatic carboxylic acids is 1. The highest BCUT2D eigenvalue weighted by Gasteiger charge is 2.35. The lowest BCUT2D eigenvalue weighted by Gasteiger charge is -2.37. The maximum absolute atomic E-state index is 13.1. The smallest absolute Gasteiger partial charge is 0.325 e. The van der Waals surface area contributed by atoms with Crippen molar-refractivity contribution in [1.82, 2.24) is 9.80 Å². The second-order valence-electron chi connectivity index (χ2n) is 9.66. The van der Waals surface area contributed by atoms with E-state index in [4.69, 9.17) is 4.74 Å². The Labute approximate surface area is 212 Å². The van der Waals surface area contributed by atoms with Gasteiger partial charge in [-0.05, 0) is 59.6 Å². The van der Waals surface area contributed by atoms with Gasteiger partial charge < -0.3 is 14.7 Å². The molecule has 3 aromatic rings. The zero-order valence-electron chi connectivity index (χ0n) is 20.4. The van der Waals surface area contributed by atoms with Gasteiger partial charge in [0.2, 0.25) is 5.91 Å². The molecule has 2 aliphatic rings. The molecular weight excluding hydrogens is 452 g/mol. The molecule has 1 unspecified atom stereocenters. The molecule has 1 amide bonds. The van der Waals surface area contributed by atoms with Gasteiger partial charge in [-0.3, -0.25) is 14.5 Å². The number of carboxylic acid groups (broad SMARTS) is 1. The van der Waals surface area contributed by atoms with Crippen molar-refractivity contribution in [3.05, 3.63) is 101 Å². The van der Waals surface area contributed by atoms with Crippen LogP contribution in [0.15, 0.2) is 78.9 Å². The van der Waals surface area contributed by atoms with E-state index in [0.29, 0.717) is 38.6 Å². The average Bonchev–Trinajstić information content (AvgIpc) is 2.92. The van der Waals surface area contributed by atoms with E-state index in [1.54, 1.807) is 4.90 Å². The number of piperidine rings is 1. The average molecular weight is 485 g/mol. The molecule has 0 bridgehead atoms. The highest BCUT2D eigenvalue weighted by Crippen LogP contribution is 2.33. The van der Waals surface area contributed by atoms with Crippen molar-refractivity contribution in [3.63, 3.8) is 0 Å². The minimum atomic E-state index is -0.926. The lowest BCUT2D eigenvalue weighted by atomic mass is 9.89. The van der Waals surface area contributed by atoms with Crippen molar-refractivity contribution in [3.8, 4) is 5.75 Å². The number of carbonyl (C=O) groups is 2. The zero-order chi connectivity index (χ0) is 24.9. The topological polar surface area (TPSA) is 70.1 Å². The predicted molar refractivity (Wildman–Crippen MR) is 138 cm³/mol. The summed E-state index contributed by atoms with van der Waals surface area (Å²) in [5.41, 5.74) is 4.13. The first-order valence-corrected chi connectivity index (χ1v) is 12.7. The highest BCUT2D eigenvalue weighted by molar-refractivity contribution is 5.81. The minimum Gasteiger partial charge on any atom is -0.489 e. The van der Waals surface area contributed by atoms with Crippen LogP contribution in [0.2, 0.25) is 0 Å².